The average molecular weight is 533 g/mol. The maximum atomic E-state index is 13.7. The van der Waals surface area contributed by atoms with E-state index in [4.69, 9.17) is 0 Å². The van der Waals surface area contributed by atoms with Crippen LogP contribution >= 0.6 is 23.1 Å². The molecule has 1 aliphatic carbocycles. The Morgan fingerprint density at radius 1 is 1.14 bits per heavy atom. The van der Waals surface area contributed by atoms with E-state index in [1.165, 1.54) is 22.2 Å². The number of thioether (sulfide) groups is 1. The Kier molecular flexibility index (Phi) is 7.40. The van der Waals surface area contributed by atoms with E-state index in [1.54, 1.807) is 16.2 Å². The highest BCUT2D eigenvalue weighted by molar-refractivity contribution is 8.18. The van der Waals surface area contributed by atoms with Crippen LogP contribution in [0.3, 0.4) is 0 Å². The average Bonchev–Trinajstić information content (AvgIpc) is 3.50. The van der Waals surface area contributed by atoms with E-state index in [0.717, 1.165) is 64.1 Å². The molecule has 0 atom stereocenters. The third kappa shape index (κ3) is 4.80. The summed E-state index contributed by atoms with van der Waals surface area (Å²) in [5.41, 5.74) is 5.82. The summed E-state index contributed by atoms with van der Waals surface area (Å²) in [6, 6.07) is 11.7. The number of aromatic nitrogens is 1. The first-order valence-corrected chi connectivity index (χ1v) is 14.5. The molecule has 1 fully saturated rings. The Bertz CT molecular complexity index is 1420. The Morgan fingerprint density at radius 3 is 2.62 bits per heavy atom. The fourth-order valence-corrected chi connectivity index (χ4v) is 7.68. The number of aryl methyl sites for hydroxylation is 2. The Hall–Kier alpha value is -3.10. The molecule has 3 aromatic rings. The number of aliphatic imine (C=N–C) groups is 1. The number of nitrogens with one attached hydrogen (secondary N) is 1. The molecule has 192 valence electrons. The van der Waals surface area contributed by atoms with Gasteiger partial charge < -0.3 is 9.88 Å². The summed E-state index contributed by atoms with van der Waals surface area (Å²) in [5, 5.41) is 4.85. The Labute approximate surface area is 226 Å². The van der Waals surface area contributed by atoms with Gasteiger partial charge in [-0.3, -0.25) is 19.5 Å². The molecule has 1 aromatic carbocycles. The quantitative estimate of drug-likeness (QED) is 0.364. The second-order valence-electron chi connectivity index (χ2n) is 9.29. The number of carbonyl (C=O) groups is 2. The topological polar surface area (TPSA) is 66.7 Å². The van der Waals surface area contributed by atoms with Crippen LogP contribution < -0.4 is 5.32 Å². The molecule has 1 saturated heterocycles. The van der Waals surface area contributed by atoms with Crippen molar-refractivity contribution in [2.75, 3.05) is 18.4 Å². The second-order valence-corrected chi connectivity index (χ2v) is 11.4. The number of hydrogen-bond acceptors (Lipinski definition) is 5. The number of para-hydroxylation sites is 1. The Balaban J connectivity index is 1.57. The highest BCUT2D eigenvalue weighted by atomic mass is 32.2. The zero-order valence-corrected chi connectivity index (χ0v) is 23.4. The highest BCUT2D eigenvalue weighted by Crippen LogP contribution is 2.40. The fourth-order valence-electron chi connectivity index (χ4n) is 5.09. The summed E-state index contributed by atoms with van der Waals surface area (Å²) in [6.07, 6.45) is 6.17. The standard InChI is InChI=1S/C29H32N4O2S2/c1-5-30-29-32(6-2)27(35)24(37-29)17-20-16-18(3)33(19(20)4)28-25(22-14-10-11-15-23(22)36-28)26(34)31-21-12-8-7-9-13-21/h7-9,12-13,16-17H,5-6,10-11,14-15H2,1-4H3,(H,31,34)/b24-17-,30-29?. The van der Waals surface area contributed by atoms with Crippen LogP contribution in [0, 0.1) is 13.8 Å². The van der Waals surface area contributed by atoms with Gasteiger partial charge >= 0.3 is 0 Å². The molecule has 1 N–H and O–H groups in total. The molecule has 0 unspecified atom stereocenters. The summed E-state index contributed by atoms with van der Waals surface area (Å²) >= 11 is 3.17. The van der Waals surface area contributed by atoms with Crippen LogP contribution in [0.4, 0.5) is 5.69 Å². The highest BCUT2D eigenvalue weighted by Gasteiger charge is 2.33. The van der Waals surface area contributed by atoms with Gasteiger partial charge in [0.15, 0.2) is 5.17 Å². The van der Waals surface area contributed by atoms with Gasteiger partial charge in [0.1, 0.15) is 5.00 Å². The number of amides is 2. The summed E-state index contributed by atoms with van der Waals surface area (Å²) in [4.78, 5) is 34.9. The number of benzene rings is 1. The predicted molar refractivity (Wildman–Crippen MR) is 155 cm³/mol. The first-order valence-electron chi connectivity index (χ1n) is 12.9. The van der Waals surface area contributed by atoms with Crippen molar-refractivity contribution >= 4 is 51.8 Å². The van der Waals surface area contributed by atoms with E-state index < -0.39 is 0 Å². The molecule has 2 amide bonds. The van der Waals surface area contributed by atoms with Crippen LogP contribution in [0.2, 0.25) is 0 Å². The van der Waals surface area contributed by atoms with E-state index in [1.807, 2.05) is 50.3 Å². The summed E-state index contributed by atoms with van der Waals surface area (Å²) < 4.78 is 2.19. The molecule has 6 nitrogen and oxygen atoms in total. The van der Waals surface area contributed by atoms with E-state index in [-0.39, 0.29) is 11.8 Å². The number of hydrogen-bond donors (Lipinski definition) is 1. The maximum Gasteiger partial charge on any atom is 0.266 e. The van der Waals surface area contributed by atoms with Gasteiger partial charge in [-0.2, -0.15) is 0 Å². The fraction of sp³-hybridized carbons (Fsp3) is 0.345. The molecule has 0 radical (unpaired) electrons. The van der Waals surface area contributed by atoms with Crippen LogP contribution in [0.15, 0.2) is 46.3 Å². The molecule has 37 heavy (non-hydrogen) atoms. The number of likely N-dealkylation sites (N-methyl/N-ethyl adjacent to an activating group) is 1. The molecular weight excluding hydrogens is 500 g/mol. The minimum absolute atomic E-state index is 0.000909. The number of amidine groups is 1. The van der Waals surface area contributed by atoms with Gasteiger partial charge in [0.05, 0.1) is 10.5 Å². The van der Waals surface area contributed by atoms with Gasteiger partial charge in [-0.1, -0.05) is 18.2 Å². The number of carbonyl (C=O) groups excluding carboxylic acids is 2. The normalized spacial score (nSPS) is 17.6. The van der Waals surface area contributed by atoms with Crippen molar-refractivity contribution in [2.24, 2.45) is 4.99 Å². The zero-order valence-electron chi connectivity index (χ0n) is 21.8. The molecule has 5 rings (SSSR count). The SMILES string of the molecule is CCN=C1S/C(=C\c2cc(C)n(-c3sc4c(c3C(=O)Nc3ccccc3)CCCC4)c2C)C(=O)N1CC. The minimum atomic E-state index is -0.0615. The molecule has 2 aliphatic rings. The number of fused-ring (bicyclic) bond motifs is 1. The first-order chi connectivity index (χ1) is 17.9. The lowest BCUT2D eigenvalue weighted by molar-refractivity contribution is -0.122. The van der Waals surface area contributed by atoms with Crippen LogP contribution in [0.1, 0.15) is 64.4 Å². The summed E-state index contributed by atoms with van der Waals surface area (Å²) in [6.45, 7) is 9.33. The van der Waals surface area contributed by atoms with Gasteiger partial charge in [-0.05, 0) is 101 Å². The van der Waals surface area contributed by atoms with Crippen LogP contribution in [-0.2, 0) is 17.6 Å². The van der Waals surface area contributed by atoms with Crippen molar-refractivity contribution < 1.29 is 9.59 Å². The third-order valence-corrected chi connectivity index (χ3v) is 9.19. The Morgan fingerprint density at radius 2 is 1.89 bits per heavy atom. The number of rotatable bonds is 6. The van der Waals surface area contributed by atoms with Crippen molar-refractivity contribution in [1.29, 1.82) is 0 Å². The van der Waals surface area contributed by atoms with Crippen molar-refractivity contribution in [1.82, 2.24) is 9.47 Å². The molecule has 3 heterocycles. The summed E-state index contributed by atoms with van der Waals surface area (Å²) in [5.74, 6) is -0.0624. The number of anilines is 1. The largest absolute Gasteiger partial charge is 0.322 e. The molecule has 2 aromatic heterocycles. The zero-order chi connectivity index (χ0) is 26.1. The van der Waals surface area contributed by atoms with Gasteiger partial charge in [0, 0.05) is 35.0 Å². The van der Waals surface area contributed by atoms with Gasteiger partial charge in [0.2, 0.25) is 0 Å². The van der Waals surface area contributed by atoms with Crippen molar-refractivity contribution in [3.63, 3.8) is 0 Å². The maximum absolute atomic E-state index is 13.7. The lowest BCUT2D eigenvalue weighted by atomic mass is 9.95. The lowest BCUT2D eigenvalue weighted by Crippen LogP contribution is -2.28. The van der Waals surface area contributed by atoms with Crippen molar-refractivity contribution in [3.8, 4) is 5.00 Å². The smallest absolute Gasteiger partial charge is 0.266 e. The minimum Gasteiger partial charge on any atom is -0.322 e. The summed E-state index contributed by atoms with van der Waals surface area (Å²) in [7, 11) is 0. The van der Waals surface area contributed by atoms with E-state index in [0.29, 0.717) is 18.0 Å². The molecule has 0 saturated carbocycles. The van der Waals surface area contributed by atoms with Gasteiger partial charge in [-0.25, -0.2) is 0 Å². The molecule has 8 heteroatoms. The van der Waals surface area contributed by atoms with Crippen LogP contribution in [-0.4, -0.2) is 39.5 Å². The lowest BCUT2D eigenvalue weighted by Gasteiger charge is -2.14. The van der Waals surface area contributed by atoms with Crippen LogP contribution in [0.25, 0.3) is 11.1 Å². The molecule has 0 bridgehead atoms. The molecular formula is C29H32N4O2S2. The number of nitrogens with zero attached hydrogens (tertiary/aromatic N) is 3. The molecule has 0 spiro atoms. The third-order valence-electron chi connectivity index (χ3n) is 6.87. The number of thiophene rings is 1. The van der Waals surface area contributed by atoms with Crippen molar-refractivity contribution in [3.05, 3.63) is 74.3 Å². The van der Waals surface area contributed by atoms with Gasteiger partial charge in [0.25, 0.3) is 11.8 Å². The monoisotopic (exact) mass is 532 g/mol. The van der Waals surface area contributed by atoms with Crippen LogP contribution in [0.5, 0.6) is 0 Å². The first kappa shape index (κ1) is 25.5. The second kappa shape index (κ2) is 10.7. The van der Waals surface area contributed by atoms with Gasteiger partial charge in [-0.15, -0.1) is 11.3 Å². The van der Waals surface area contributed by atoms with E-state index in [2.05, 4.69) is 34.8 Å². The predicted octanol–water partition coefficient (Wildman–Crippen LogP) is 6.60. The van der Waals surface area contributed by atoms with E-state index in [9.17, 15) is 9.59 Å². The van der Waals surface area contributed by atoms with Crippen molar-refractivity contribution in [2.45, 2.75) is 53.4 Å². The van der Waals surface area contributed by atoms with E-state index >= 15 is 0 Å². The molecule has 1 aliphatic heterocycles.